The summed E-state index contributed by atoms with van der Waals surface area (Å²) >= 11 is 0. The van der Waals surface area contributed by atoms with Crippen LogP contribution in [0.15, 0.2) is 42.5 Å². The number of aromatic carboxylic acids is 1. The summed E-state index contributed by atoms with van der Waals surface area (Å²) in [6.45, 7) is 12.9. The maximum atomic E-state index is 12.1. The first-order valence-electron chi connectivity index (χ1n) is 10.0. The molecule has 0 atom stereocenters. The van der Waals surface area contributed by atoms with Crippen molar-refractivity contribution in [1.82, 2.24) is 0 Å². The van der Waals surface area contributed by atoms with Crippen molar-refractivity contribution in [3.05, 3.63) is 86.3 Å². The quantitative estimate of drug-likeness (QED) is 0.530. The number of anilines is 1. The van der Waals surface area contributed by atoms with Gasteiger partial charge in [0.05, 0.1) is 5.56 Å². The molecular formula is C26H25NO3. The number of hydrogen-bond acceptors (Lipinski definition) is 3. The average molecular weight is 399 g/mol. The van der Waals surface area contributed by atoms with Gasteiger partial charge < -0.3 is 15.2 Å². The lowest BCUT2D eigenvalue weighted by molar-refractivity contribution is 0.0696. The Kier molecular flexibility index (Phi) is 4.86. The fourth-order valence-corrected chi connectivity index (χ4v) is 3.97. The second kappa shape index (κ2) is 7.38. The van der Waals surface area contributed by atoms with Crippen molar-refractivity contribution in [3.8, 4) is 11.5 Å². The molecule has 1 aliphatic heterocycles. The second-order valence-electron chi connectivity index (χ2n) is 7.80. The van der Waals surface area contributed by atoms with Crippen LogP contribution in [0.5, 0.6) is 11.5 Å². The molecule has 3 aromatic carbocycles. The molecular weight excluding hydrogens is 374 g/mol. The molecule has 0 aromatic heterocycles. The van der Waals surface area contributed by atoms with E-state index in [-0.39, 0.29) is 5.56 Å². The van der Waals surface area contributed by atoms with E-state index in [0.29, 0.717) is 17.1 Å². The molecule has 4 heteroatoms. The highest BCUT2D eigenvalue weighted by Crippen LogP contribution is 2.40. The van der Waals surface area contributed by atoms with Crippen molar-refractivity contribution >= 4 is 23.8 Å². The first-order valence-corrected chi connectivity index (χ1v) is 10.0. The molecule has 0 saturated heterocycles. The molecule has 0 spiro atoms. The Labute approximate surface area is 176 Å². The Hall–Kier alpha value is -3.53. The van der Waals surface area contributed by atoms with Crippen molar-refractivity contribution in [2.24, 2.45) is 0 Å². The highest BCUT2D eigenvalue weighted by molar-refractivity contribution is 5.98. The van der Waals surface area contributed by atoms with E-state index in [9.17, 15) is 9.90 Å². The SMILES string of the molecule is C=c1cc2c(cc1C)=C(c1ccc(C)cc1C(=O)O)c1cc(C)c(NCC)cc1O2. The lowest BCUT2D eigenvalue weighted by Gasteiger charge is -2.24. The summed E-state index contributed by atoms with van der Waals surface area (Å²) in [7, 11) is 0. The van der Waals surface area contributed by atoms with Gasteiger partial charge >= 0.3 is 5.97 Å². The molecule has 30 heavy (non-hydrogen) atoms. The molecule has 152 valence electrons. The Morgan fingerprint density at radius 3 is 2.47 bits per heavy atom. The van der Waals surface area contributed by atoms with Gasteiger partial charge in [-0.15, -0.1) is 0 Å². The predicted octanol–water partition coefficient (Wildman–Crippen LogP) is 4.51. The van der Waals surface area contributed by atoms with Gasteiger partial charge in [-0.3, -0.25) is 0 Å². The number of rotatable bonds is 4. The Morgan fingerprint density at radius 1 is 1.00 bits per heavy atom. The molecule has 1 heterocycles. The van der Waals surface area contributed by atoms with E-state index in [1.54, 1.807) is 6.07 Å². The largest absolute Gasteiger partial charge is 0.478 e. The fourth-order valence-electron chi connectivity index (χ4n) is 3.97. The zero-order valence-electron chi connectivity index (χ0n) is 17.7. The third-order valence-electron chi connectivity index (χ3n) is 5.57. The van der Waals surface area contributed by atoms with Crippen molar-refractivity contribution in [3.63, 3.8) is 0 Å². The summed E-state index contributed by atoms with van der Waals surface area (Å²) in [5, 5.41) is 15.1. The third kappa shape index (κ3) is 3.24. The van der Waals surface area contributed by atoms with Gasteiger partial charge in [0.15, 0.2) is 0 Å². The van der Waals surface area contributed by atoms with Gasteiger partial charge in [-0.05, 0) is 73.9 Å². The monoisotopic (exact) mass is 399 g/mol. The van der Waals surface area contributed by atoms with E-state index in [2.05, 4.69) is 24.9 Å². The van der Waals surface area contributed by atoms with Gasteiger partial charge in [-0.1, -0.05) is 24.3 Å². The zero-order chi connectivity index (χ0) is 21.6. The summed E-state index contributed by atoms with van der Waals surface area (Å²) < 4.78 is 6.28. The van der Waals surface area contributed by atoms with Crippen molar-refractivity contribution in [2.45, 2.75) is 27.7 Å². The van der Waals surface area contributed by atoms with E-state index in [1.807, 2.05) is 51.1 Å². The number of nitrogens with one attached hydrogen (secondary N) is 1. The summed E-state index contributed by atoms with van der Waals surface area (Å²) in [4.78, 5) is 12.1. The van der Waals surface area contributed by atoms with E-state index in [1.165, 1.54) is 0 Å². The molecule has 2 N–H and O–H groups in total. The minimum Gasteiger partial charge on any atom is -0.478 e. The Morgan fingerprint density at radius 2 is 1.77 bits per heavy atom. The van der Waals surface area contributed by atoms with Crippen LogP contribution in [0.3, 0.4) is 0 Å². The van der Waals surface area contributed by atoms with Crippen LogP contribution in [0, 0.1) is 20.8 Å². The van der Waals surface area contributed by atoms with E-state index in [0.717, 1.165) is 50.5 Å². The van der Waals surface area contributed by atoms with E-state index < -0.39 is 5.97 Å². The van der Waals surface area contributed by atoms with Gasteiger partial charge in [-0.2, -0.15) is 0 Å². The van der Waals surface area contributed by atoms with Crippen LogP contribution in [0.25, 0.3) is 12.2 Å². The fraction of sp³-hybridized carbons (Fsp3) is 0.192. The number of hydrogen-bond donors (Lipinski definition) is 2. The number of carboxylic acid groups (broad SMARTS) is 1. The van der Waals surface area contributed by atoms with Crippen LogP contribution < -0.4 is 20.5 Å². The smallest absolute Gasteiger partial charge is 0.336 e. The minimum absolute atomic E-state index is 0.286. The van der Waals surface area contributed by atoms with Crippen LogP contribution in [0.2, 0.25) is 0 Å². The molecule has 0 fully saturated rings. The van der Waals surface area contributed by atoms with Crippen LogP contribution >= 0.6 is 0 Å². The number of benzene rings is 3. The number of fused-ring (bicyclic) bond motifs is 2. The van der Waals surface area contributed by atoms with Crippen molar-refractivity contribution < 1.29 is 14.6 Å². The van der Waals surface area contributed by atoms with Gasteiger partial charge in [0.1, 0.15) is 11.5 Å². The molecule has 0 aliphatic carbocycles. The van der Waals surface area contributed by atoms with E-state index in [4.69, 9.17) is 4.74 Å². The molecule has 0 radical (unpaired) electrons. The van der Waals surface area contributed by atoms with Crippen LogP contribution in [-0.4, -0.2) is 17.6 Å². The minimum atomic E-state index is -0.942. The van der Waals surface area contributed by atoms with Gasteiger partial charge in [0.25, 0.3) is 0 Å². The first kappa shape index (κ1) is 19.8. The summed E-state index contributed by atoms with van der Waals surface area (Å²) in [6, 6.07) is 13.6. The first-order chi connectivity index (χ1) is 14.3. The maximum absolute atomic E-state index is 12.1. The van der Waals surface area contributed by atoms with Crippen LogP contribution in [0.4, 0.5) is 5.69 Å². The molecule has 0 unspecified atom stereocenters. The molecule has 0 saturated carbocycles. The molecule has 0 bridgehead atoms. The van der Waals surface area contributed by atoms with Crippen LogP contribution in [0.1, 0.15) is 45.1 Å². The van der Waals surface area contributed by atoms with Crippen molar-refractivity contribution in [2.75, 3.05) is 11.9 Å². The van der Waals surface area contributed by atoms with Gasteiger partial charge in [0, 0.05) is 34.7 Å². The highest BCUT2D eigenvalue weighted by atomic mass is 16.5. The van der Waals surface area contributed by atoms with Crippen molar-refractivity contribution in [1.29, 1.82) is 0 Å². The zero-order valence-corrected chi connectivity index (χ0v) is 17.7. The summed E-state index contributed by atoms with van der Waals surface area (Å²) in [6.07, 6.45) is 0. The third-order valence-corrected chi connectivity index (χ3v) is 5.57. The normalized spacial score (nSPS) is 12.1. The topological polar surface area (TPSA) is 58.6 Å². The Bertz CT molecular complexity index is 1300. The number of aryl methyl sites for hydroxylation is 3. The lowest BCUT2D eigenvalue weighted by atomic mass is 9.87. The standard InChI is InChI=1S/C26H25NO3/c1-6-27-22-13-24-21(11-17(22)5)25(18-8-7-14(2)9-19(18)26(28)29)20-10-15(3)16(4)12-23(20)30-24/h7-13,27H,4,6H2,1-3,5H3,(H,28,29). The summed E-state index contributed by atoms with van der Waals surface area (Å²) in [5.74, 6) is 0.456. The summed E-state index contributed by atoms with van der Waals surface area (Å²) in [5.41, 5.74) is 6.76. The second-order valence-corrected chi connectivity index (χ2v) is 7.80. The van der Waals surface area contributed by atoms with Crippen LogP contribution in [-0.2, 0) is 0 Å². The number of ether oxygens (including phenoxy) is 1. The average Bonchev–Trinajstić information content (AvgIpc) is 2.69. The lowest BCUT2D eigenvalue weighted by Crippen LogP contribution is -2.22. The highest BCUT2D eigenvalue weighted by Gasteiger charge is 2.25. The number of carbonyl (C=O) groups is 1. The van der Waals surface area contributed by atoms with E-state index >= 15 is 0 Å². The molecule has 4 nitrogen and oxygen atoms in total. The molecule has 0 amide bonds. The predicted molar refractivity (Wildman–Crippen MR) is 121 cm³/mol. The molecule has 3 aromatic rings. The van der Waals surface area contributed by atoms with Gasteiger partial charge in [-0.25, -0.2) is 4.79 Å². The molecule has 4 rings (SSSR count). The maximum Gasteiger partial charge on any atom is 0.336 e. The molecule has 1 aliphatic rings. The number of carboxylic acids is 1. The van der Waals surface area contributed by atoms with Gasteiger partial charge in [0.2, 0.25) is 0 Å². The Balaban J connectivity index is 2.15.